The summed E-state index contributed by atoms with van der Waals surface area (Å²) in [6, 6.07) is 3.52. The van der Waals surface area contributed by atoms with E-state index in [4.69, 9.17) is 0 Å². The third-order valence-electron chi connectivity index (χ3n) is 5.71. The van der Waals surface area contributed by atoms with Gasteiger partial charge in [-0.2, -0.15) is 0 Å². The van der Waals surface area contributed by atoms with Crippen LogP contribution in [0.15, 0.2) is 18.2 Å². The van der Waals surface area contributed by atoms with Crippen LogP contribution in [0.25, 0.3) is 0 Å². The summed E-state index contributed by atoms with van der Waals surface area (Å²) >= 11 is 0. The molecule has 3 aliphatic rings. The zero-order valence-electron chi connectivity index (χ0n) is 14.9. The van der Waals surface area contributed by atoms with Gasteiger partial charge in [-0.25, -0.2) is 12.8 Å². The topological polar surface area (TPSA) is 92.3 Å². The second-order valence-electron chi connectivity index (χ2n) is 7.95. The molecule has 27 heavy (non-hydrogen) atoms. The summed E-state index contributed by atoms with van der Waals surface area (Å²) in [7, 11) is -3.38. The van der Waals surface area contributed by atoms with Crippen molar-refractivity contribution in [2.24, 2.45) is 11.8 Å². The number of carbonyl (C=O) groups is 2. The van der Waals surface area contributed by atoms with Crippen LogP contribution in [0.1, 0.15) is 42.9 Å². The number of carbonyl (C=O) groups excluding carboxylic acids is 2. The molecule has 1 saturated carbocycles. The van der Waals surface area contributed by atoms with Crippen molar-refractivity contribution in [3.63, 3.8) is 0 Å². The first-order valence-corrected chi connectivity index (χ1v) is 11.2. The summed E-state index contributed by atoms with van der Waals surface area (Å²) in [5.74, 6) is -1.84. The SMILES string of the molecule is O=C(CC1CC1)N[C@@H]1CS(=O)(=O)C[C@H]1C(=O)NC1CCc2ccc(F)cc21. The van der Waals surface area contributed by atoms with E-state index in [0.717, 1.165) is 30.4 Å². The Labute approximate surface area is 157 Å². The molecule has 1 unspecified atom stereocenters. The average Bonchev–Trinajstić information content (AvgIpc) is 3.23. The van der Waals surface area contributed by atoms with Gasteiger partial charge in [-0.05, 0) is 54.9 Å². The average molecular weight is 394 g/mol. The monoisotopic (exact) mass is 394 g/mol. The molecule has 8 heteroatoms. The van der Waals surface area contributed by atoms with Gasteiger partial charge >= 0.3 is 0 Å². The van der Waals surface area contributed by atoms with Crippen molar-refractivity contribution in [2.45, 2.75) is 44.2 Å². The fraction of sp³-hybridized carbons (Fsp3) is 0.579. The summed E-state index contributed by atoms with van der Waals surface area (Å²) in [5.41, 5.74) is 1.74. The van der Waals surface area contributed by atoms with Crippen LogP contribution in [0.4, 0.5) is 4.39 Å². The number of sulfone groups is 1. The number of halogens is 1. The lowest BCUT2D eigenvalue weighted by atomic mass is 10.0. The lowest BCUT2D eigenvalue weighted by molar-refractivity contribution is -0.126. The van der Waals surface area contributed by atoms with Crippen molar-refractivity contribution in [1.82, 2.24) is 10.6 Å². The van der Waals surface area contributed by atoms with E-state index in [9.17, 15) is 22.4 Å². The molecule has 3 atom stereocenters. The molecular weight excluding hydrogens is 371 g/mol. The van der Waals surface area contributed by atoms with Gasteiger partial charge in [-0.15, -0.1) is 0 Å². The highest BCUT2D eigenvalue weighted by Gasteiger charge is 2.43. The summed E-state index contributed by atoms with van der Waals surface area (Å²) in [6.07, 6.45) is 3.84. The number of hydrogen-bond donors (Lipinski definition) is 2. The van der Waals surface area contributed by atoms with Crippen LogP contribution in [0, 0.1) is 17.7 Å². The third-order valence-corrected chi connectivity index (χ3v) is 7.44. The molecule has 1 heterocycles. The third kappa shape index (κ3) is 4.15. The smallest absolute Gasteiger partial charge is 0.226 e. The minimum Gasteiger partial charge on any atom is -0.352 e. The maximum absolute atomic E-state index is 13.6. The molecule has 1 saturated heterocycles. The predicted octanol–water partition coefficient (Wildman–Crippen LogP) is 1.26. The first kappa shape index (κ1) is 18.4. The number of amides is 2. The van der Waals surface area contributed by atoms with Gasteiger partial charge in [-0.1, -0.05) is 6.07 Å². The van der Waals surface area contributed by atoms with Gasteiger partial charge < -0.3 is 10.6 Å². The van der Waals surface area contributed by atoms with E-state index < -0.39 is 27.7 Å². The van der Waals surface area contributed by atoms with Gasteiger partial charge in [0.15, 0.2) is 9.84 Å². The Morgan fingerprint density at radius 3 is 2.63 bits per heavy atom. The molecule has 1 aromatic carbocycles. The zero-order chi connectivity index (χ0) is 19.2. The van der Waals surface area contributed by atoms with Gasteiger partial charge in [0.2, 0.25) is 11.8 Å². The molecule has 0 bridgehead atoms. The number of benzene rings is 1. The largest absolute Gasteiger partial charge is 0.352 e. The Bertz CT molecular complexity index is 882. The molecule has 4 rings (SSSR count). The number of hydrogen-bond acceptors (Lipinski definition) is 4. The maximum atomic E-state index is 13.6. The highest BCUT2D eigenvalue weighted by atomic mass is 32.2. The molecule has 1 aliphatic heterocycles. The van der Waals surface area contributed by atoms with Crippen LogP contribution in [0.2, 0.25) is 0 Å². The molecule has 6 nitrogen and oxygen atoms in total. The highest BCUT2D eigenvalue weighted by Crippen LogP contribution is 2.33. The van der Waals surface area contributed by atoms with E-state index in [1.807, 2.05) is 0 Å². The molecule has 2 aliphatic carbocycles. The number of nitrogens with one attached hydrogen (secondary N) is 2. The van der Waals surface area contributed by atoms with Crippen LogP contribution in [-0.2, 0) is 25.8 Å². The molecular formula is C19H23FN2O4S. The Morgan fingerprint density at radius 1 is 1.11 bits per heavy atom. The molecule has 0 radical (unpaired) electrons. The summed E-state index contributed by atoms with van der Waals surface area (Å²) in [6.45, 7) is 0. The maximum Gasteiger partial charge on any atom is 0.226 e. The van der Waals surface area contributed by atoms with E-state index in [2.05, 4.69) is 10.6 Å². The van der Waals surface area contributed by atoms with Crippen LogP contribution < -0.4 is 10.6 Å². The second kappa shape index (κ2) is 6.89. The lowest BCUT2D eigenvalue weighted by Gasteiger charge is -2.22. The molecule has 0 aromatic heterocycles. The van der Waals surface area contributed by atoms with Crippen molar-refractivity contribution in [2.75, 3.05) is 11.5 Å². The van der Waals surface area contributed by atoms with Gasteiger partial charge in [0, 0.05) is 6.42 Å². The quantitative estimate of drug-likeness (QED) is 0.786. The Hall–Kier alpha value is -1.96. The number of rotatable bonds is 5. The predicted molar refractivity (Wildman–Crippen MR) is 97.0 cm³/mol. The summed E-state index contributed by atoms with van der Waals surface area (Å²) in [5, 5.41) is 5.63. The fourth-order valence-corrected chi connectivity index (χ4v) is 6.03. The van der Waals surface area contributed by atoms with Crippen LogP contribution in [-0.4, -0.2) is 37.8 Å². The first-order chi connectivity index (χ1) is 12.8. The van der Waals surface area contributed by atoms with E-state index >= 15 is 0 Å². The van der Waals surface area contributed by atoms with E-state index in [0.29, 0.717) is 18.8 Å². The van der Waals surface area contributed by atoms with E-state index in [1.54, 1.807) is 6.07 Å². The Kier molecular flexibility index (Phi) is 4.70. The standard InChI is InChI=1S/C19H23FN2O4S/c20-13-5-3-12-4-6-16(14(12)8-13)22-19(24)15-9-27(25,26)10-17(15)21-18(23)7-11-1-2-11/h3,5,8,11,15-17H,1-2,4,6-7,9-10H2,(H,21,23)(H,22,24)/t15-,16?,17-/m1/s1. The van der Waals surface area contributed by atoms with Gasteiger partial charge in [0.25, 0.3) is 0 Å². The number of fused-ring (bicyclic) bond motifs is 1. The van der Waals surface area contributed by atoms with Crippen molar-refractivity contribution >= 4 is 21.7 Å². The minimum absolute atomic E-state index is 0.189. The second-order valence-corrected chi connectivity index (χ2v) is 10.1. The molecule has 1 aromatic rings. The Balaban J connectivity index is 1.45. The highest BCUT2D eigenvalue weighted by molar-refractivity contribution is 7.91. The molecule has 2 amide bonds. The van der Waals surface area contributed by atoms with Gasteiger partial charge in [0.1, 0.15) is 5.82 Å². The normalized spacial score (nSPS) is 28.6. The van der Waals surface area contributed by atoms with Crippen molar-refractivity contribution in [3.8, 4) is 0 Å². The minimum atomic E-state index is -3.38. The van der Waals surface area contributed by atoms with E-state index in [-0.39, 0.29) is 29.3 Å². The molecule has 0 spiro atoms. The van der Waals surface area contributed by atoms with Crippen molar-refractivity contribution < 1.29 is 22.4 Å². The Morgan fingerprint density at radius 2 is 1.89 bits per heavy atom. The fourth-order valence-electron chi connectivity index (χ4n) is 4.10. The molecule has 146 valence electrons. The zero-order valence-corrected chi connectivity index (χ0v) is 15.7. The van der Waals surface area contributed by atoms with Crippen molar-refractivity contribution in [1.29, 1.82) is 0 Å². The van der Waals surface area contributed by atoms with E-state index in [1.165, 1.54) is 12.1 Å². The van der Waals surface area contributed by atoms with Crippen LogP contribution in [0.5, 0.6) is 0 Å². The van der Waals surface area contributed by atoms with Gasteiger partial charge in [-0.3, -0.25) is 9.59 Å². The van der Waals surface area contributed by atoms with Gasteiger partial charge in [0.05, 0.1) is 29.5 Å². The van der Waals surface area contributed by atoms with Crippen molar-refractivity contribution in [3.05, 3.63) is 35.1 Å². The molecule has 2 fully saturated rings. The lowest BCUT2D eigenvalue weighted by Crippen LogP contribution is -2.46. The number of aryl methyl sites for hydroxylation is 1. The van der Waals surface area contributed by atoms with Crippen LogP contribution >= 0.6 is 0 Å². The summed E-state index contributed by atoms with van der Waals surface area (Å²) in [4.78, 5) is 24.9. The van der Waals surface area contributed by atoms with Crippen LogP contribution in [0.3, 0.4) is 0 Å². The first-order valence-electron chi connectivity index (χ1n) is 9.39. The summed E-state index contributed by atoms with van der Waals surface area (Å²) < 4.78 is 37.7. The molecule has 2 N–H and O–H groups in total.